The second-order valence-electron chi connectivity index (χ2n) is 7.79. The highest BCUT2D eigenvalue weighted by atomic mass is 32.2. The Labute approximate surface area is 132 Å². The molecule has 1 rings (SSSR count). The molecule has 0 aromatic heterocycles. The van der Waals surface area contributed by atoms with Crippen LogP contribution in [0, 0.1) is 11.3 Å². The summed E-state index contributed by atoms with van der Waals surface area (Å²) < 4.78 is 0. The third-order valence-electron chi connectivity index (χ3n) is 4.89. The Kier molecular flexibility index (Phi) is 9.33. The Balaban J connectivity index is 2.10. The van der Waals surface area contributed by atoms with Gasteiger partial charge >= 0.3 is 0 Å². The molecule has 0 aromatic carbocycles. The van der Waals surface area contributed by atoms with Gasteiger partial charge in [-0.1, -0.05) is 79.1 Å². The van der Waals surface area contributed by atoms with E-state index >= 15 is 0 Å². The van der Waals surface area contributed by atoms with E-state index in [1.54, 1.807) is 0 Å². The Morgan fingerprint density at radius 3 is 2.10 bits per heavy atom. The van der Waals surface area contributed by atoms with E-state index in [9.17, 15) is 0 Å². The molecule has 1 saturated carbocycles. The summed E-state index contributed by atoms with van der Waals surface area (Å²) >= 11 is 2.30. The molecule has 20 heavy (non-hydrogen) atoms. The molecule has 0 aliphatic heterocycles. The first-order valence-electron chi connectivity index (χ1n) is 9.17. The third-order valence-corrected chi connectivity index (χ3v) is 6.41. The Morgan fingerprint density at radius 2 is 1.45 bits per heavy atom. The van der Waals surface area contributed by atoms with Gasteiger partial charge in [-0.3, -0.25) is 0 Å². The standard InChI is InChI=1S/C19H38S/c1-5-6-7-8-9-10-13-16-20-18-15-12-11-14-17(18)19(2,3)4/h17-18H,5-16H2,1-4H3. The van der Waals surface area contributed by atoms with Crippen LogP contribution < -0.4 is 0 Å². The number of hydrogen-bond donors (Lipinski definition) is 0. The molecule has 0 radical (unpaired) electrons. The van der Waals surface area contributed by atoms with Gasteiger partial charge in [0.2, 0.25) is 0 Å². The first kappa shape index (κ1) is 18.4. The van der Waals surface area contributed by atoms with Crippen molar-refractivity contribution in [2.45, 2.75) is 104 Å². The normalized spacial score (nSPS) is 24.0. The molecule has 2 unspecified atom stereocenters. The van der Waals surface area contributed by atoms with Crippen molar-refractivity contribution in [3.8, 4) is 0 Å². The van der Waals surface area contributed by atoms with Crippen molar-refractivity contribution < 1.29 is 0 Å². The highest BCUT2D eigenvalue weighted by Crippen LogP contribution is 2.43. The van der Waals surface area contributed by atoms with Crippen LogP contribution in [0.5, 0.6) is 0 Å². The fraction of sp³-hybridized carbons (Fsp3) is 1.00. The van der Waals surface area contributed by atoms with Gasteiger partial charge in [0.1, 0.15) is 0 Å². The molecule has 120 valence electrons. The second-order valence-corrected chi connectivity index (χ2v) is 9.13. The van der Waals surface area contributed by atoms with Crippen LogP contribution in [0.15, 0.2) is 0 Å². The molecule has 1 fully saturated rings. The van der Waals surface area contributed by atoms with Gasteiger partial charge in [-0.15, -0.1) is 0 Å². The molecular formula is C19H38S. The number of unbranched alkanes of at least 4 members (excludes halogenated alkanes) is 6. The first-order chi connectivity index (χ1) is 9.55. The molecule has 0 saturated heterocycles. The largest absolute Gasteiger partial charge is 0.158 e. The van der Waals surface area contributed by atoms with Gasteiger partial charge in [0.25, 0.3) is 0 Å². The Morgan fingerprint density at radius 1 is 0.850 bits per heavy atom. The number of hydrogen-bond acceptors (Lipinski definition) is 1. The molecule has 0 nitrogen and oxygen atoms in total. The maximum Gasteiger partial charge on any atom is 0.00803 e. The van der Waals surface area contributed by atoms with Crippen LogP contribution in [0.25, 0.3) is 0 Å². The zero-order valence-electron chi connectivity index (χ0n) is 14.5. The minimum Gasteiger partial charge on any atom is -0.158 e. The van der Waals surface area contributed by atoms with E-state index in [0.29, 0.717) is 5.41 Å². The monoisotopic (exact) mass is 298 g/mol. The van der Waals surface area contributed by atoms with E-state index in [1.165, 1.54) is 76.4 Å². The maximum atomic E-state index is 2.45. The quantitative estimate of drug-likeness (QED) is 0.410. The highest BCUT2D eigenvalue weighted by molar-refractivity contribution is 7.99. The van der Waals surface area contributed by atoms with Crippen molar-refractivity contribution in [1.82, 2.24) is 0 Å². The molecule has 2 atom stereocenters. The fourth-order valence-electron chi connectivity index (χ4n) is 3.58. The van der Waals surface area contributed by atoms with E-state index in [-0.39, 0.29) is 0 Å². The van der Waals surface area contributed by atoms with Crippen LogP contribution >= 0.6 is 11.8 Å². The summed E-state index contributed by atoms with van der Waals surface area (Å²) in [5, 5.41) is 0.948. The predicted molar refractivity (Wildman–Crippen MR) is 95.7 cm³/mol. The van der Waals surface area contributed by atoms with Gasteiger partial charge in [0.15, 0.2) is 0 Å². The van der Waals surface area contributed by atoms with Gasteiger partial charge in [-0.05, 0) is 36.3 Å². The van der Waals surface area contributed by atoms with Crippen molar-refractivity contribution in [1.29, 1.82) is 0 Å². The van der Waals surface area contributed by atoms with Crippen LogP contribution in [0.2, 0.25) is 0 Å². The summed E-state index contributed by atoms with van der Waals surface area (Å²) in [5.41, 5.74) is 0.512. The Bertz CT molecular complexity index is 228. The van der Waals surface area contributed by atoms with Gasteiger partial charge < -0.3 is 0 Å². The topological polar surface area (TPSA) is 0 Å². The third kappa shape index (κ3) is 7.38. The summed E-state index contributed by atoms with van der Waals surface area (Å²) in [6.07, 6.45) is 16.0. The zero-order valence-corrected chi connectivity index (χ0v) is 15.4. The molecule has 1 aliphatic rings. The van der Waals surface area contributed by atoms with Crippen LogP contribution in [-0.2, 0) is 0 Å². The highest BCUT2D eigenvalue weighted by Gasteiger charge is 2.33. The average molecular weight is 299 g/mol. The molecule has 0 amide bonds. The maximum absolute atomic E-state index is 2.45. The summed E-state index contributed by atoms with van der Waals surface area (Å²) in [7, 11) is 0. The van der Waals surface area contributed by atoms with E-state index in [1.807, 2.05) is 0 Å². The molecule has 0 N–H and O–H groups in total. The van der Waals surface area contributed by atoms with Crippen molar-refractivity contribution in [3.05, 3.63) is 0 Å². The molecule has 1 heteroatoms. The van der Waals surface area contributed by atoms with Gasteiger partial charge in [0, 0.05) is 5.25 Å². The van der Waals surface area contributed by atoms with Crippen LogP contribution in [0.3, 0.4) is 0 Å². The molecule has 0 bridgehead atoms. The smallest absolute Gasteiger partial charge is 0.00803 e. The summed E-state index contributed by atoms with van der Waals surface area (Å²) in [6, 6.07) is 0. The molecule has 0 aromatic rings. The average Bonchev–Trinajstić information content (AvgIpc) is 2.41. The van der Waals surface area contributed by atoms with E-state index in [2.05, 4.69) is 39.5 Å². The minimum atomic E-state index is 0.512. The van der Waals surface area contributed by atoms with Crippen molar-refractivity contribution in [2.75, 3.05) is 5.75 Å². The van der Waals surface area contributed by atoms with Crippen LogP contribution in [-0.4, -0.2) is 11.0 Å². The summed E-state index contributed by atoms with van der Waals surface area (Å²) in [6.45, 7) is 9.64. The van der Waals surface area contributed by atoms with Crippen molar-refractivity contribution in [3.63, 3.8) is 0 Å². The van der Waals surface area contributed by atoms with E-state index in [4.69, 9.17) is 0 Å². The van der Waals surface area contributed by atoms with Gasteiger partial charge in [-0.25, -0.2) is 0 Å². The van der Waals surface area contributed by atoms with Gasteiger partial charge in [-0.2, -0.15) is 11.8 Å². The second kappa shape index (κ2) is 10.1. The first-order valence-corrected chi connectivity index (χ1v) is 10.2. The summed E-state index contributed by atoms with van der Waals surface area (Å²) in [5.74, 6) is 2.36. The van der Waals surface area contributed by atoms with Crippen molar-refractivity contribution in [2.24, 2.45) is 11.3 Å². The molecule has 0 heterocycles. The van der Waals surface area contributed by atoms with Gasteiger partial charge in [0.05, 0.1) is 0 Å². The van der Waals surface area contributed by atoms with Crippen molar-refractivity contribution >= 4 is 11.8 Å². The minimum absolute atomic E-state index is 0.512. The fourth-order valence-corrected chi connectivity index (χ4v) is 5.36. The number of rotatable bonds is 9. The molecule has 1 aliphatic carbocycles. The lowest BCUT2D eigenvalue weighted by atomic mass is 9.72. The van der Waals surface area contributed by atoms with Crippen LogP contribution in [0.1, 0.15) is 98.3 Å². The number of thioether (sulfide) groups is 1. The molecule has 0 spiro atoms. The zero-order chi connectivity index (χ0) is 14.8. The predicted octanol–water partition coefficient (Wildman–Crippen LogP) is 7.08. The SMILES string of the molecule is CCCCCCCCCSC1CCCCC1C(C)(C)C. The van der Waals surface area contributed by atoms with E-state index < -0.39 is 0 Å². The Hall–Kier alpha value is 0.350. The lowest BCUT2D eigenvalue weighted by Gasteiger charge is -2.40. The van der Waals surface area contributed by atoms with E-state index in [0.717, 1.165) is 11.2 Å². The lowest BCUT2D eigenvalue weighted by Crippen LogP contribution is -2.33. The summed E-state index contributed by atoms with van der Waals surface area (Å²) in [4.78, 5) is 0. The van der Waals surface area contributed by atoms with Crippen LogP contribution in [0.4, 0.5) is 0 Å². The lowest BCUT2D eigenvalue weighted by molar-refractivity contribution is 0.187. The molecular weight excluding hydrogens is 260 g/mol.